The highest BCUT2D eigenvalue weighted by atomic mass is 14.9. The van der Waals surface area contributed by atoms with E-state index in [0.717, 1.165) is 6.42 Å². The van der Waals surface area contributed by atoms with Gasteiger partial charge in [-0.2, -0.15) is 0 Å². The van der Waals surface area contributed by atoms with Crippen LogP contribution in [0.2, 0.25) is 0 Å². The smallest absolute Gasteiger partial charge is 0.0358 e. The first-order chi connectivity index (χ1) is 10.1. The second-order valence-corrected chi connectivity index (χ2v) is 6.01. The largest absolute Gasteiger partial charge is 0.313 e. The van der Waals surface area contributed by atoms with Gasteiger partial charge in [0.25, 0.3) is 0 Å². The molecule has 2 aromatic rings. The summed E-state index contributed by atoms with van der Waals surface area (Å²) < 4.78 is 0. The van der Waals surface area contributed by atoms with E-state index in [1.807, 2.05) is 7.05 Å². The molecule has 0 aliphatic carbocycles. The van der Waals surface area contributed by atoms with E-state index in [-0.39, 0.29) is 0 Å². The van der Waals surface area contributed by atoms with Crippen LogP contribution in [0.25, 0.3) is 0 Å². The van der Waals surface area contributed by atoms with Crippen molar-refractivity contribution in [1.82, 2.24) is 5.32 Å². The molecule has 0 saturated heterocycles. The second-order valence-electron chi connectivity index (χ2n) is 6.01. The summed E-state index contributed by atoms with van der Waals surface area (Å²) in [5.41, 5.74) is 5.52. The summed E-state index contributed by atoms with van der Waals surface area (Å²) in [5, 5.41) is 3.45. The molecule has 0 bridgehead atoms. The zero-order valence-corrected chi connectivity index (χ0v) is 13.7. The van der Waals surface area contributed by atoms with Gasteiger partial charge in [-0.05, 0) is 49.4 Å². The van der Waals surface area contributed by atoms with Crippen molar-refractivity contribution in [2.45, 2.75) is 45.6 Å². The molecular formula is C20H27N. The molecule has 0 radical (unpaired) electrons. The quantitative estimate of drug-likeness (QED) is 0.784. The molecule has 0 fully saturated rings. The number of likely N-dealkylation sites (N-methyl/N-ethyl adjacent to an activating group) is 1. The van der Waals surface area contributed by atoms with Crippen LogP contribution in [0.5, 0.6) is 0 Å². The number of hydrogen-bond donors (Lipinski definition) is 1. The van der Waals surface area contributed by atoms with E-state index in [4.69, 9.17) is 0 Å². The molecule has 0 aliphatic rings. The van der Waals surface area contributed by atoms with Gasteiger partial charge in [-0.15, -0.1) is 0 Å². The van der Waals surface area contributed by atoms with Crippen molar-refractivity contribution in [2.75, 3.05) is 7.05 Å². The van der Waals surface area contributed by atoms with Crippen LogP contribution in [0.1, 0.15) is 54.5 Å². The van der Waals surface area contributed by atoms with E-state index in [9.17, 15) is 0 Å². The van der Waals surface area contributed by atoms with Crippen molar-refractivity contribution >= 4 is 0 Å². The number of nitrogens with one attached hydrogen (secondary N) is 1. The van der Waals surface area contributed by atoms with Crippen LogP contribution in [0, 0.1) is 6.92 Å². The van der Waals surface area contributed by atoms with Crippen molar-refractivity contribution < 1.29 is 0 Å². The number of aryl methyl sites for hydroxylation is 1. The van der Waals surface area contributed by atoms with Crippen LogP contribution in [0.3, 0.4) is 0 Å². The molecular weight excluding hydrogens is 254 g/mol. The molecule has 21 heavy (non-hydrogen) atoms. The zero-order chi connectivity index (χ0) is 15.2. The van der Waals surface area contributed by atoms with Crippen LogP contribution in [-0.4, -0.2) is 7.05 Å². The highest BCUT2D eigenvalue weighted by Gasteiger charge is 2.11. The first-order valence-corrected chi connectivity index (χ1v) is 7.96. The maximum atomic E-state index is 3.45. The minimum atomic E-state index is 0.373. The molecule has 0 aromatic heterocycles. The van der Waals surface area contributed by atoms with E-state index >= 15 is 0 Å². The summed E-state index contributed by atoms with van der Waals surface area (Å²) in [6.45, 7) is 6.68. The van der Waals surface area contributed by atoms with Crippen LogP contribution in [0.4, 0.5) is 0 Å². The van der Waals surface area contributed by atoms with E-state index < -0.39 is 0 Å². The van der Waals surface area contributed by atoms with Crippen molar-refractivity contribution in [2.24, 2.45) is 0 Å². The highest BCUT2D eigenvalue weighted by molar-refractivity contribution is 5.30. The monoisotopic (exact) mass is 281 g/mol. The Morgan fingerprint density at radius 1 is 1.00 bits per heavy atom. The third-order valence-corrected chi connectivity index (χ3v) is 4.39. The summed E-state index contributed by atoms with van der Waals surface area (Å²) in [7, 11) is 2.04. The van der Waals surface area contributed by atoms with Gasteiger partial charge < -0.3 is 5.32 Å². The molecule has 0 heterocycles. The van der Waals surface area contributed by atoms with Gasteiger partial charge in [0, 0.05) is 6.04 Å². The molecule has 2 atom stereocenters. The van der Waals surface area contributed by atoms with Crippen LogP contribution in [0.15, 0.2) is 48.5 Å². The second kappa shape index (κ2) is 7.42. The molecule has 0 saturated carbocycles. The van der Waals surface area contributed by atoms with Gasteiger partial charge in [0.1, 0.15) is 0 Å². The first-order valence-electron chi connectivity index (χ1n) is 7.96. The highest BCUT2D eigenvalue weighted by Crippen LogP contribution is 2.23. The van der Waals surface area contributed by atoms with Crippen molar-refractivity contribution in [3.8, 4) is 0 Å². The third kappa shape index (κ3) is 4.18. The summed E-state index contributed by atoms with van der Waals surface area (Å²) in [6.07, 6.45) is 2.22. The van der Waals surface area contributed by atoms with Gasteiger partial charge in [0.05, 0.1) is 0 Å². The average molecular weight is 281 g/mol. The molecule has 112 valence electrons. The summed E-state index contributed by atoms with van der Waals surface area (Å²) in [5.74, 6) is 0.642. The van der Waals surface area contributed by atoms with Gasteiger partial charge in [-0.25, -0.2) is 0 Å². The SMILES string of the molecule is CCC(C)c1ccc(C(Cc2cccc(C)c2)NC)cc1. The molecule has 1 heteroatoms. The molecule has 2 aromatic carbocycles. The predicted molar refractivity (Wildman–Crippen MR) is 91.8 cm³/mol. The van der Waals surface area contributed by atoms with Crippen LogP contribution >= 0.6 is 0 Å². The van der Waals surface area contributed by atoms with E-state index in [2.05, 4.69) is 74.6 Å². The van der Waals surface area contributed by atoms with Gasteiger partial charge in [-0.3, -0.25) is 0 Å². The van der Waals surface area contributed by atoms with Crippen molar-refractivity contribution in [3.63, 3.8) is 0 Å². The fraction of sp³-hybridized carbons (Fsp3) is 0.400. The van der Waals surface area contributed by atoms with E-state index in [1.165, 1.54) is 28.7 Å². The Bertz CT molecular complexity index is 556. The fourth-order valence-corrected chi connectivity index (χ4v) is 2.75. The molecule has 1 N–H and O–H groups in total. The Hall–Kier alpha value is -1.60. The summed E-state index contributed by atoms with van der Waals surface area (Å²) in [4.78, 5) is 0. The topological polar surface area (TPSA) is 12.0 Å². The number of rotatable bonds is 6. The first kappa shape index (κ1) is 15.8. The Kier molecular flexibility index (Phi) is 5.58. The third-order valence-electron chi connectivity index (χ3n) is 4.39. The van der Waals surface area contributed by atoms with Crippen LogP contribution < -0.4 is 5.32 Å². The lowest BCUT2D eigenvalue weighted by molar-refractivity contribution is 0.591. The Balaban J connectivity index is 2.14. The van der Waals surface area contributed by atoms with Gasteiger partial charge in [-0.1, -0.05) is 67.9 Å². The average Bonchev–Trinajstić information content (AvgIpc) is 2.52. The number of hydrogen-bond acceptors (Lipinski definition) is 1. The van der Waals surface area contributed by atoms with Gasteiger partial charge in [0.15, 0.2) is 0 Å². The van der Waals surface area contributed by atoms with Crippen molar-refractivity contribution in [1.29, 1.82) is 0 Å². The van der Waals surface area contributed by atoms with Gasteiger partial charge >= 0.3 is 0 Å². The molecule has 0 amide bonds. The Morgan fingerprint density at radius 3 is 2.24 bits per heavy atom. The molecule has 2 unspecified atom stereocenters. The normalized spacial score (nSPS) is 13.9. The maximum absolute atomic E-state index is 3.45. The van der Waals surface area contributed by atoms with Crippen LogP contribution in [-0.2, 0) is 6.42 Å². The minimum absolute atomic E-state index is 0.373. The molecule has 0 spiro atoms. The lowest BCUT2D eigenvalue weighted by Gasteiger charge is -2.18. The maximum Gasteiger partial charge on any atom is 0.0358 e. The molecule has 1 nitrogen and oxygen atoms in total. The lowest BCUT2D eigenvalue weighted by atomic mass is 9.93. The standard InChI is InChI=1S/C20H27N/c1-5-16(3)18-9-11-19(12-10-18)20(21-4)14-17-8-6-7-15(2)13-17/h6-13,16,20-21H,5,14H2,1-4H3. The van der Waals surface area contributed by atoms with E-state index in [0.29, 0.717) is 12.0 Å². The Labute approximate surface area is 129 Å². The van der Waals surface area contributed by atoms with E-state index in [1.54, 1.807) is 0 Å². The summed E-state index contributed by atoms with van der Waals surface area (Å²) in [6, 6.07) is 18.3. The number of benzene rings is 2. The minimum Gasteiger partial charge on any atom is -0.313 e. The van der Waals surface area contributed by atoms with Gasteiger partial charge in [0.2, 0.25) is 0 Å². The summed E-state index contributed by atoms with van der Waals surface area (Å²) >= 11 is 0. The fourth-order valence-electron chi connectivity index (χ4n) is 2.75. The molecule has 2 rings (SSSR count). The lowest BCUT2D eigenvalue weighted by Crippen LogP contribution is -2.18. The van der Waals surface area contributed by atoms with Crippen molar-refractivity contribution in [3.05, 3.63) is 70.8 Å². The predicted octanol–water partition coefficient (Wildman–Crippen LogP) is 5.01. The molecule has 0 aliphatic heterocycles. The Morgan fingerprint density at radius 2 is 1.67 bits per heavy atom. The zero-order valence-electron chi connectivity index (χ0n) is 13.7.